The highest BCUT2D eigenvalue weighted by molar-refractivity contribution is 5.73. The van der Waals surface area contributed by atoms with E-state index < -0.39 is 18.5 Å². The Hall–Kier alpha value is -0.690. The minimum atomic E-state index is -0.647. The zero-order valence-electron chi connectivity index (χ0n) is 8.67. The molecule has 0 aromatic rings. The number of rotatable bonds is 2. The van der Waals surface area contributed by atoms with E-state index in [1.54, 1.807) is 0 Å². The predicted octanol–water partition coefficient (Wildman–Crippen LogP) is -1.38. The minimum absolute atomic E-state index is 0.170. The Morgan fingerprint density at radius 3 is 2.87 bits per heavy atom. The molecule has 2 N–H and O–H groups in total. The highest BCUT2D eigenvalue weighted by Gasteiger charge is 2.52. The zero-order valence-corrected chi connectivity index (χ0v) is 8.67. The van der Waals surface area contributed by atoms with Gasteiger partial charge in [-0.3, -0.25) is 4.79 Å². The van der Waals surface area contributed by atoms with E-state index in [0.29, 0.717) is 0 Å². The van der Waals surface area contributed by atoms with E-state index in [1.807, 2.05) is 0 Å². The van der Waals surface area contributed by atoms with Gasteiger partial charge in [0.1, 0.15) is 24.4 Å². The second kappa shape index (κ2) is 4.05. The van der Waals surface area contributed by atoms with Crippen molar-refractivity contribution in [3.63, 3.8) is 0 Å². The van der Waals surface area contributed by atoms with E-state index in [1.165, 1.54) is 14.0 Å². The standard InChI is InChI=1S/C9H15NO5/c1-4(11)10-6-8-7(5(12)3-14-8)15-9(6)13-2/h5-9,12H,3H2,1-2H3,(H,10,11)/t5-,6-,7-,8-,9-/m1/s1. The van der Waals surface area contributed by atoms with Gasteiger partial charge < -0.3 is 24.6 Å². The fourth-order valence-corrected chi connectivity index (χ4v) is 2.08. The maximum absolute atomic E-state index is 11.0. The number of hydrogen-bond acceptors (Lipinski definition) is 5. The molecule has 86 valence electrons. The number of fused-ring (bicyclic) bond motifs is 1. The van der Waals surface area contributed by atoms with Crippen molar-refractivity contribution in [1.82, 2.24) is 5.32 Å². The molecule has 2 aliphatic rings. The summed E-state index contributed by atoms with van der Waals surface area (Å²) in [6, 6.07) is -0.352. The van der Waals surface area contributed by atoms with Crippen molar-refractivity contribution in [2.45, 2.75) is 37.6 Å². The van der Waals surface area contributed by atoms with Gasteiger partial charge in [0, 0.05) is 14.0 Å². The summed E-state index contributed by atoms with van der Waals surface area (Å²) in [6.45, 7) is 1.66. The fourth-order valence-electron chi connectivity index (χ4n) is 2.08. The topological polar surface area (TPSA) is 77.0 Å². The number of ether oxygens (including phenoxy) is 3. The number of methoxy groups -OCH3 is 1. The Morgan fingerprint density at radius 1 is 1.53 bits per heavy atom. The van der Waals surface area contributed by atoms with Crippen LogP contribution in [0.5, 0.6) is 0 Å². The molecule has 1 amide bonds. The number of nitrogens with one attached hydrogen (secondary N) is 1. The van der Waals surface area contributed by atoms with Crippen molar-refractivity contribution in [3.8, 4) is 0 Å². The Balaban J connectivity index is 2.09. The molecule has 2 fully saturated rings. The van der Waals surface area contributed by atoms with Gasteiger partial charge in [-0.1, -0.05) is 0 Å². The van der Waals surface area contributed by atoms with Crippen molar-refractivity contribution >= 4 is 5.91 Å². The van der Waals surface area contributed by atoms with Crippen LogP contribution < -0.4 is 5.32 Å². The molecule has 0 aliphatic carbocycles. The van der Waals surface area contributed by atoms with Crippen LogP contribution in [0.25, 0.3) is 0 Å². The lowest BCUT2D eigenvalue weighted by Gasteiger charge is -2.21. The molecule has 0 bridgehead atoms. The van der Waals surface area contributed by atoms with Crippen LogP contribution >= 0.6 is 0 Å². The Morgan fingerprint density at radius 2 is 2.27 bits per heavy atom. The highest BCUT2D eigenvalue weighted by Crippen LogP contribution is 2.31. The van der Waals surface area contributed by atoms with E-state index in [2.05, 4.69) is 5.32 Å². The van der Waals surface area contributed by atoms with Gasteiger partial charge >= 0.3 is 0 Å². The number of aliphatic hydroxyl groups excluding tert-OH is 1. The molecular formula is C9H15NO5. The van der Waals surface area contributed by atoms with Crippen LogP contribution in [-0.4, -0.2) is 55.4 Å². The molecule has 0 aromatic heterocycles. The first kappa shape index (κ1) is 10.8. The molecule has 2 aliphatic heterocycles. The largest absolute Gasteiger partial charge is 0.388 e. The Labute approximate surface area is 87.5 Å². The van der Waals surface area contributed by atoms with E-state index in [9.17, 15) is 9.90 Å². The lowest BCUT2D eigenvalue weighted by Crippen LogP contribution is -2.47. The highest BCUT2D eigenvalue weighted by atomic mass is 16.7. The van der Waals surface area contributed by atoms with E-state index in [0.717, 1.165) is 0 Å². The second-order valence-electron chi connectivity index (χ2n) is 3.80. The minimum Gasteiger partial charge on any atom is -0.388 e. The van der Waals surface area contributed by atoms with Crippen molar-refractivity contribution in [3.05, 3.63) is 0 Å². The maximum atomic E-state index is 11.0. The molecular weight excluding hydrogens is 202 g/mol. The number of aliphatic hydroxyl groups is 1. The molecule has 6 nitrogen and oxygen atoms in total. The quantitative estimate of drug-likeness (QED) is 0.596. The van der Waals surface area contributed by atoms with Gasteiger partial charge in [0.25, 0.3) is 0 Å². The monoisotopic (exact) mass is 217 g/mol. The summed E-state index contributed by atoms with van der Waals surface area (Å²) >= 11 is 0. The van der Waals surface area contributed by atoms with Gasteiger partial charge in [0.05, 0.1) is 6.61 Å². The SMILES string of the molecule is CO[C@@H]1O[C@H]2[C@H](OC[C@H]2O)[C@H]1NC(C)=O. The third-order valence-corrected chi connectivity index (χ3v) is 2.70. The van der Waals surface area contributed by atoms with Crippen molar-refractivity contribution in [1.29, 1.82) is 0 Å². The molecule has 2 rings (SSSR count). The lowest BCUT2D eigenvalue weighted by atomic mass is 10.1. The molecule has 15 heavy (non-hydrogen) atoms. The summed E-state index contributed by atoms with van der Waals surface area (Å²) in [4.78, 5) is 11.0. The molecule has 5 atom stereocenters. The third kappa shape index (κ3) is 1.85. The average Bonchev–Trinajstić information content (AvgIpc) is 2.68. The van der Waals surface area contributed by atoms with Crippen molar-refractivity contribution in [2.75, 3.05) is 13.7 Å². The van der Waals surface area contributed by atoms with E-state index in [4.69, 9.17) is 14.2 Å². The number of carbonyl (C=O) groups excluding carboxylic acids is 1. The van der Waals surface area contributed by atoms with Crippen LogP contribution in [0.3, 0.4) is 0 Å². The van der Waals surface area contributed by atoms with Crippen LogP contribution in [0, 0.1) is 0 Å². The van der Waals surface area contributed by atoms with Gasteiger partial charge in [0.2, 0.25) is 5.91 Å². The molecule has 0 unspecified atom stereocenters. The normalized spacial score (nSPS) is 44.1. The number of carbonyl (C=O) groups is 1. The average molecular weight is 217 g/mol. The molecule has 0 spiro atoms. The molecule has 2 heterocycles. The molecule has 2 saturated heterocycles. The van der Waals surface area contributed by atoms with Gasteiger partial charge in [-0.2, -0.15) is 0 Å². The van der Waals surface area contributed by atoms with Crippen LogP contribution in [0.4, 0.5) is 0 Å². The first-order chi connectivity index (χ1) is 7.13. The second-order valence-corrected chi connectivity index (χ2v) is 3.80. The van der Waals surface area contributed by atoms with Gasteiger partial charge in [-0.05, 0) is 0 Å². The molecule has 0 aromatic carbocycles. The summed E-state index contributed by atoms with van der Waals surface area (Å²) in [7, 11) is 1.49. The van der Waals surface area contributed by atoms with Gasteiger partial charge in [-0.25, -0.2) is 0 Å². The summed E-state index contributed by atoms with van der Waals surface area (Å²) < 4.78 is 15.9. The smallest absolute Gasteiger partial charge is 0.217 e. The summed E-state index contributed by atoms with van der Waals surface area (Å²) in [5.74, 6) is -0.170. The number of hydrogen-bond donors (Lipinski definition) is 2. The van der Waals surface area contributed by atoms with Gasteiger partial charge in [-0.15, -0.1) is 0 Å². The van der Waals surface area contributed by atoms with Crippen LogP contribution in [-0.2, 0) is 19.0 Å². The summed E-state index contributed by atoms with van der Waals surface area (Å²) in [6.07, 6.45) is -1.94. The van der Waals surface area contributed by atoms with Gasteiger partial charge in [0.15, 0.2) is 6.29 Å². The first-order valence-electron chi connectivity index (χ1n) is 4.88. The van der Waals surface area contributed by atoms with Crippen LogP contribution in [0.2, 0.25) is 0 Å². The zero-order chi connectivity index (χ0) is 11.0. The molecule has 0 radical (unpaired) electrons. The fraction of sp³-hybridized carbons (Fsp3) is 0.889. The van der Waals surface area contributed by atoms with Crippen LogP contribution in [0.1, 0.15) is 6.92 Å². The third-order valence-electron chi connectivity index (χ3n) is 2.70. The predicted molar refractivity (Wildman–Crippen MR) is 49.0 cm³/mol. The Kier molecular flexibility index (Phi) is 2.92. The van der Waals surface area contributed by atoms with Crippen molar-refractivity contribution < 1.29 is 24.1 Å². The van der Waals surface area contributed by atoms with Crippen molar-refractivity contribution in [2.24, 2.45) is 0 Å². The summed E-state index contributed by atoms with van der Waals surface area (Å²) in [5, 5.41) is 12.3. The molecule has 6 heteroatoms. The molecule has 0 saturated carbocycles. The first-order valence-corrected chi connectivity index (χ1v) is 4.88. The van der Waals surface area contributed by atoms with E-state index >= 15 is 0 Å². The van der Waals surface area contributed by atoms with Crippen LogP contribution in [0.15, 0.2) is 0 Å². The maximum Gasteiger partial charge on any atom is 0.217 e. The Bertz CT molecular complexity index is 259. The lowest BCUT2D eigenvalue weighted by molar-refractivity contribution is -0.146. The number of amides is 1. The summed E-state index contributed by atoms with van der Waals surface area (Å²) in [5.41, 5.74) is 0. The van der Waals surface area contributed by atoms with E-state index in [-0.39, 0.29) is 24.7 Å².